The molecule has 0 fully saturated rings. The first-order valence-electron chi connectivity index (χ1n) is 7.98. The number of rotatable bonds is 3. The summed E-state index contributed by atoms with van der Waals surface area (Å²) in [6.07, 6.45) is 0. The second-order valence-electron chi connectivity index (χ2n) is 6.10. The van der Waals surface area contributed by atoms with Crippen LogP contribution >= 0.6 is 0 Å². The van der Waals surface area contributed by atoms with Gasteiger partial charge in [0.25, 0.3) is 11.5 Å². The molecule has 26 heavy (non-hydrogen) atoms. The molecule has 0 radical (unpaired) electrons. The highest BCUT2D eigenvalue weighted by molar-refractivity contribution is 6.04. The number of H-pyrrole nitrogens is 1. The molecular formula is C18H18FN5O2. The molecule has 0 bridgehead atoms. The Hall–Kier alpha value is -3.29. The number of carbonyl (C=O) groups is 1. The Balaban J connectivity index is 2.03. The van der Waals surface area contributed by atoms with Gasteiger partial charge in [-0.1, -0.05) is 0 Å². The van der Waals surface area contributed by atoms with Crippen molar-refractivity contribution in [2.75, 3.05) is 5.32 Å². The average molecular weight is 355 g/mol. The highest BCUT2D eigenvalue weighted by Crippen LogP contribution is 2.22. The lowest BCUT2D eigenvalue weighted by molar-refractivity contribution is 0.102. The van der Waals surface area contributed by atoms with E-state index in [1.54, 1.807) is 27.7 Å². The molecule has 0 saturated carbocycles. The van der Waals surface area contributed by atoms with Crippen molar-refractivity contribution in [3.8, 4) is 5.95 Å². The van der Waals surface area contributed by atoms with Crippen LogP contribution in [0.25, 0.3) is 5.95 Å². The summed E-state index contributed by atoms with van der Waals surface area (Å²) in [5.41, 5.74) is 2.33. The zero-order valence-electron chi connectivity index (χ0n) is 14.8. The summed E-state index contributed by atoms with van der Waals surface area (Å²) in [5, 5.41) is 7.13. The molecule has 0 spiro atoms. The maximum Gasteiger partial charge on any atom is 0.256 e. The van der Waals surface area contributed by atoms with Crippen LogP contribution in [0.3, 0.4) is 0 Å². The molecule has 2 N–H and O–H groups in total. The predicted molar refractivity (Wildman–Crippen MR) is 95.3 cm³/mol. The number of nitrogens with zero attached hydrogens (tertiary/aromatic N) is 3. The molecule has 7 nitrogen and oxygen atoms in total. The number of hydrogen-bond donors (Lipinski definition) is 2. The van der Waals surface area contributed by atoms with Gasteiger partial charge in [0.05, 0.1) is 5.69 Å². The fraction of sp³-hybridized carbons (Fsp3) is 0.222. The third kappa shape index (κ3) is 3.26. The highest BCUT2D eigenvalue weighted by Gasteiger charge is 2.18. The van der Waals surface area contributed by atoms with Gasteiger partial charge in [0.1, 0.15) is 11.6 Å². The normalized spacial score (nSPS) is 10.8. The van der Waals surface area contributed by atoms with Crippen molar-refractivity contribution in [1.29, 1.82) is 0 Å². The number of anilines is 1. The molecule has 3 aromatic rings. The number of hydrogen-bond acceptors (Lipinski definition) is 4. The topological polar surface area (TPSA) is 92.7 Å². The van der Waals surface area contributed by atoms with E-state index in [4.69, 9.17) is 0 Å². The first-order chi connectivity index (χ1) is 12.3. The lowest BCUT2D eigenvalue weighted by atomic mass is 10.1. The fourth-order valence-electron chi connectivity index (χ4n) is 2.53. The third-order valence-corrected chi connectivity index (χ3v) is 4.07. The molecule has 2 heterocycles. The van der Waals surface area contributed by atoms with Gasteiger partial charge in [0.2, 0.25) is 5.95 Å². The van der Waals surface area contributed by atoms with E-state index in [9.17, 15) is 14.0 Å². The first kappa shape index (κ1) is 17.5. The van der Waals surface area contributed by atoms with Gasteiger partial charge < -0.3 is 5.32 Å². The lowest BCUT2D eigenvalue weighted by Gasteiger charge is -2.10. The zero-order chi connectivity index (χ0) is 19.0. The molecule has 3 rings (SSSR count). The molecule has 0 unspecified atom stereocenters. The standard InChI is InChI=1S/C18H18FN5O2/c1-9-7-13(5-6-14(9)19)17(26)22-16-11(3)12(4)23-24(16)18-20-10(2)8-15(25)21-18/h5-8H,1-4H3,(H,22,26)(H,20,21,25). The minimum absolute atomic E-state index is 0.205. The van der Waals surface area contributed by atoms with Crippen LogP contribution in [0.1, 0.15) is 32.9 Å². The van der Waals surface area contributed by atoms with E-state index < -0.39 is 5.91 Å². The van der Waals surface area contributed by atoms with Crippen molar-refractivity contribution in [2.45, 2.75) is 27.7 Å². The monoisotopic (exact) mass is 355 g/mol. The number of aromatic amines is 1. The van der Waals surface area contributed by atoms with Gasteiger partial charge in [0, 0.05) is 22.9 Å². The molecule has 0 atom stereocenters. The van der Waals surface area contributed by atoms with Crippen molar-refractivity contribution in [3.63, 3.8) is 0 Å². The number of carbonyl (C=O) groups excluding carboxylic acids is 1. The Morgan fingerprint density at radius 1 is 1.19 bits per heavy atom. The molecular weight excluding hydrogens is 337 g/mol. The smallest absolute Gasteiger partial charge is 0.256 e. The van der Waals surface area contributed by atoms with Gasteiger partial charge in [0.15, 0.2) is 0 Å². The van der Waals surface area contributed by atoms with E-state index in [0.717, 1.165) is 5.56 Å². The minimum atomic E-state index is -0.410. The lowest BCUT2D eigenvalue weighted by Crippen LogP contribution is -2.19. The summed E-state index contributed by atoms with van der Waals surface area (Å²) in [5.74, 6) is -0.187. The van der Waals surface area contributed by atoms with Crippen LogP contribution in [0.2, 0.25) is 0 Å². The predicted octanol–water partition coefficient (Wildman–Crippen LogP) is 2.58. The summed E-state index contributed by atoms with van der Waals surface area (Å²) in [4.78, 5) is 31.2. The maximum absolute atomic E-state index is 13.4. The Bertz CT molecular complexity index is 1070. The Labute approximate surface area is 148 Å². The largest absolute Gasteiger partial charge is 0.306 e. The summed E-state index contributed by atoms with van der Waals surface area (Å²) < 4.78 is 14.8. The van der Waals surface area contributed by atoms with Crippen molar-refractivity contribution >= 4 is 11.7 Å². The number of aromatic nitrogens is 4. The van der Waals surface area contributed by atoms with Crippen molar-refractivity contribution in [3.05, 3.63) is 68.5 Å². The van der Waals surface area contributed by atoms with Gasteiger partial charge in [-0.15, -0.1) is 0 Å². The summed E-state index contributed by atoms with van der Waals surface area (Å²) in [6, 6.07) is 5.50. The van der Waals surface area contributed by atoms with E-state index in [0.29, 0.717) is 28.3 Å². The van der Waals surface area contributed by atoms with Crippen LogP contribution < -0.4 is 10.9 Å². The van der Waals surface area contributed by atoms with Gasteiger partial charge in [-0.25, -0.2) is 9.37 Å². The first-order valence-corrected chi connectivity index (χ1v) is 7.98. The molecule has 0 saturated heterocycles. The second kappa shape index (κ2) is 6.55. The van der Waals surface area contributed by atoms with E-state index in [1.165, 1.54) is 28.9 Å². The SMILES string of the molecule is Cc1cc(=O)[nH]c(-n2nc(C)c(C)c2NC(=O)c2ccc(F)c(C)c2)n1. The number of benzene rings is 1. The highest BCUT2D eigenvalue weighted by atomic mass is 19.1. The molecule has 134 valence electrons. The Morgan fingerprint density at radius 2 is 1.92 bits per heavy atom. The molecule has 0 aliphatic heterocycles. The van der Waals surface area contributed by atoms with Gasteiger partial charge in [-0.3, -0.25) is 14.6 Å². The van der Waals surface area contributed by atoms with E-state index >= 15 is 0 Å². The summed E-state index contributed by atoms with van der Waals surface area (Å²) in [6.45, 7) is 6.88. The van der Waals surface area contributed by atoms with Crippen molar-refractivity contribution in [1.82, 2.24) is 19.7 Å². The summed E-state index contributed by atoms with van der Waals surface area (Å²) in [7, 11) is 0. The molecule has 2 aromatic heterocycles. The maximum atomic E-state index is 13.4. The van der Waals surface area contributed by atoms with Crippen LogP contribution in [-0.4, -0.2) is 25.7 Å². The molecule has 0 aliphatic carbocycles. The minimum Gasteiger partial charge on any atom is -0.306 e. The number of nitrogens with one attached hydrogen (secondary N) is 2. The van der Waals surface area contributed by atoms with Crippen LogP contribution in [0, 0.1) is 33.5 Å². The second-order valence-corrected chi connectivity index (χ2v) is 6.10. The Morgan fingerprint density at radius 3 is 2.58 bits per heavy atom. The fourth-order valence-corrected chi connectivity index (χ4v) is 2.53. The average Bonchev–Trinajstić information content (AvgIpc) is 2.85. The zero-order valence-corrected chi connectivity index (χ0v) is 14.8. The van der Waals surface area contributed by atoms with E-state index in [1.807, 2.05) is 0 Å². The number of aryl methyl sites for hydroxylation is 3. The van der Waals surface area contributed by atoms with Gasteiger partial charge in [-0.2, -0.15) is 9.78 Å². The van der Waals surface area contributed by atoms with E-state index in [2.05, 4.69) is 20.4 Å². The van der Waals surface area contributed by atoms with Crippen molar-refractivity contribution in [2.24, 2.45) is 0 Å². The number of halogens is 1. The van der Waals surface area contributed by atoms with Crippen LogP contribution in [0.15, 0.2) is 29.1 Å². The summed E-state index contributed by atoms with van der Waals surface area (Å²) >= 11 is 0. The number of amides is 1. The third-order valence-electron chi connectivity index (χ3n) is 4.07. The van der Waals surface area contributed by atoms with Gasteiger partial charge >= 0.3 is 0 Å². The molecule has 8 heteroatoms. The molecule has 1 aromatic carbocycles. The molecule has 1 amide bonds. The Kier molecular flexibility index (Phi) is 4.41. The van der Waals surface area contributed by atoms with E-state index in [-0.39, 0.29) is 17.3 Å². The molecule has 0 aliphatic rings. The van der Waals surface area contributed by atoms with Crippen LogP contribution in [-0.2, 0) is 0 Å². The van der Waals surface area contributed by atoms with Crippen LogP contribution in [0.5, 0.6) is 0 Å². The quantitative estimate of drug-likeness (QED) is 0.755. The van der Waals surface area contributed by atoms with Gasteiger partial charge in [-0.05, 0) is 51.5 Å². The van der Waals surface area contributed by atoms with Crippen LogP contribution in [0.4, 0.5) is 10.2 Å². The van der Waals surface area contributed by atoms with Crippen molar-refractivity contribution < 1.29 is 9.18 Å².